The van der Waals surface area contributed by atoms with Gasteiger partial charge in [0.15, 0.2) is 5.82 Å². The maximum atomic E-state index is 12.8. The Balaban J connectivity index is 1.51. The third kappa shape index (κ3) is 3.10. The number of nitrogens with zero attached hydrogens (tertiary/aromatic N) is 4. The molecule has 2 aromatic heterocycles. The van der Waals surface area contributed by atoms with Gasteiger partial charge in [0.25, 0.3) is 5.91 Å². The van der Waals surface area contributed by atoms with Crippen molar-refractivity contribution in [1.29, 1.82) is 0 Å². The maximum absolute atomic E-state index is 12.8. The molecule has 3 heterocycles. The second-order valence-electron chi connectivity index (χ2n) is 7.21. The second-order valence-corrected chi connectivity index (χ2v) is 7.21. The summed E-state index contributed by atoms with van der Waals surface area (Å²) < 4.78 is 10.6. The second kappa shape index (κ2) is 6.13. The van der Waals surface area contributed by atoms with Gasteiger partial charge in [0.2, 0.25) is 11.8 Å². The van der Waals surface area contributed by atoms with Gasteiger partial charge in [0.05, 0.1) is 18.1 Å². The molecule has 7 heteroatoms. The number of likely N-dealkylation sites (tertiary alicyclic amines) is 1. The van der Waals surface area contributed by atoms with E-state index >= 15 is 0 Å². The minimum atomic E-state index is -0.298. The molecule has 0 bridgehead atoms. The summed E-state index contributed by atoms with van der Waals surface area (Å²) in [6.45, 7) is 3.40. The van der Waals surface area contributed by atoms with Crippen molar-refractivity contribution in [1.82, 2.24) is 20.0 Å². The quantitative estimate of drug-likeness (QED) is 0.849. The van der Waals surface area contributed by atoms with Crippen LogP contribution in [-0.2, 0) is 5.41 Å². The van der Waals surface area contributed by atoms with Crippen LogP contribution >= 0.6 is 0 Å². The van der Waals surface area contributed by atoms with Gasteiger partial charge >= 0.3 is 0 Å². The van der Waals surface area contributed by atoms with Crippen LogP contribution in [0, 0.1) is 0 Å². The van der Waals surface area contributed by atoms with E-state index in [1.54, 1.807) is 25.4 Å². The van der Waals surface area contributed by atoms with Gasteiger partial charge in [-0.05, 0) is 38.7 Å². The average molecular weight is 342 g/mol. The molecule has 0 radical (unpaired) electrons. The lowest BCUT2D eigenvalue weighted by molar-refractivity contribution is 0.0619. The van der Waals surface area contributed by atoms with Crippen LogP contribution in [0.2, 0.25) is 0 Å². The fourth-order valence-corrected chi connectivity index (χ4v) is 3.38. The summed E-state index contributed by atoms with van der Waals surface area (Å²) in [5, 5.41) is 4.13. The first-order valence-electron chi connectivity index (χ1n) is 8.72. The highest BCUT2D eigenvalue weighted by molar-refractivity contribution is 5.94. The summed E-state index contributed by atoms with van der Waals surface area (Å²) in [7, 11) is 1.56. The molecule has 1 atom stereocenters. The molecule has 0 aromatic carbocycles. The number of rotatable bonds is 4. The van der Waals surface area contributed by atoms with Gasteiger partial charge < -0.3 is 14.2 Å². The van der Waals surface area contributed by atoms with Crippen molar-refractivity contribution in [2.45, 2.75) is 43.9 Å². The van der Waals surface area contributed by atoms with E-state index in [-0.39, 0.29) is 11.3 Å². The third-order valence-corrected chi connectivity index (χ3v) is 5.08. The van der Waals surface area contributed by atoms with Crippen molar-refractivity contribution in [3.63, 3.8) is 0 Å². The van der Waals surface area contributed by atoms with E-state index in [0.29, 0.717) is 29.8 Å². The van der Waals surface area contributed by atoms with E-state index in [2.05, 4.69) is 22.0 Å². The van der Waals surface area contributed by atoms with Gasteiger partial charge in [-0.25, -0.2) is 4.98 Å². The van der Waals surface area contributed by atoms with Gasteiger partial charge in [-0.3, -0.25) is 4.79 Å². The molecule has 2 aromatic rings. The Morgan fingerprint density at radius 3 is 2.92 bits per heavy atom. The molecule has 2 aliphatic rings. The van der Waals surface area contributed by atoms with Crippen LogP contribution in [0.5, 0.6) is 5.88 Å². The fraction of sp³-hybridized carbons (Fsp3) is 0.556. The van der Waals surface area contributed by atoms with E-state index in [1.807, 2.05) is 4.90 Å². The van der Waals surface area contributed by atoms with Crippen LogP contribution < -0.4 is 4.74 Å². The number of aromatic nitrogens is 3. The molecular formula is C18H22N4O3. The van der Waals surface area contributed by atoms with Crippen molar-refractivity contribution in [3.05, 3.63) is 35.6 Å². The summed E-state index contributed by atoms with van der Waals surface area (Å²) in [6.07, 6.45) is 5.69. The largest absolute Gasteiger partial charge is 0.481 e. The molecule has 2 fully saturated rings. The maximum Gasteiger partial charge on any atom is 0.255 e. The number of carbonyl (C=O) groups excluding carboxylic acids is 1. The predicted octanol–water partition coefficient (Wildman–Crippen LogP) is 2.54. The Morgan fingerprint density at radius 1 is 1.40 bits per heavy atom. The van der Waals surface area contributed by atoms with Gasteiger partial charge in [-0.2, -0.15) is 4.98 Å². The first-order chi connectivity index (χ1) is 12.1. The smallest absolute Gasteiger partial charge is 0.255 e. The normalized spacial score (nSPS) is 23.5. The van der Waals surface area contributed by atoms with Crippen LogP contribution in [0.4, 0.5) is 0 Å². The molecule has 0 unspecified atom stereocenters. The number of ether oxygens (including phenoxy) is 1. The number of pyridine rings is 1. The van der Waals surface area contributed by atoms with Crippen molar-refractivity contribution >= 4 is 5.91 Å². The molecule has 4 rings (SSSR count). The van der Waals surface area contributed by atoms with Crippen LogP contribution in [-0.4, -0.2) is 46.1 Å². The lowest BCUT2D eigenvalue weighted by Gasteiger charge is -2.38. The van der Waals surface area contributed by atoms with Crippen LogP contribution in [0.25, 0.3) is 0 Å². The summed E-state index contributed by atoms with van der Waals surface area (Å²) in [4.78, 5) is 23.4. The molecule has 25 heavy (non-hydrogen) atoms. The van der Waals surface area contributed by atoms with Gasteiger partial charge in [-0.15, -0.1) is 0 Å². The van der Waals surface area contributed by atoms with E-state index in [9.17, 15) is 4.79 Å². The molecule has 7 nitrogen and oxygen atoms in total. The molecule has 1 aliphatic carbocycles. The minimum absolute atomic E-state index is 0.0250. The van der Waals surface area contributed by atoms with Crippen molar-refractivity contribution in [2.24, 2.45) is 0 Å². The fourth-order valence-electron chi connectivity index (χ4n) is 3.38. The van der Waals surface area contributed by atoms with E-state index in [1.165, 1.54) is 0 Å². The zero-order chi connectivity index (χ0) is 17.4. The number of amides is 1. The highest BCUT2D eigenvalue weighted by atomic mass is 16.5. The Labute approximate surface area is 146 Å². The number of carbonyl (C=O) groups is 1. The first kappa shape index (κ1) is 16.1. The number of methoxy groups -OCH3 is 1. The van der Waals surface area contributed by atoms with Crippen molar-refractivity contribution < 1.29 is 14.1 Å². The van der Waals surface area contributed by atoms with Gasteiger partial charge in [0, 0.05) is 31.3 Å². The molecule has 132 valence electrons. The summed E-state index contributed by atoms with van der Waals surface area (Å²) in [6, 6.07) is 3.45. The van der Waals surface area contributed by atoms with Crippen molar-refractivity contribution in [3.8, 4) is 5.88 Å². The topological polar surface area (TPSA) is 81.4 Å². The molecule has 1 saturated carbocycles. The molecule has 0 spiro atoms. The van der Waals surface area contributed by atoms with Crippen LogP contribution in [0.15, 0.2) is 22.9 Å². The Bertz CT molecular complexity index is 769. The summed E-state index contributed by atoms with van der Waals surface area (Å²) >= 11 is 0. The molecule has 1 saturated heterocycles. The monoisotopic (exact) mass is 342 g/mol. The molecule has 0 N–H and O–H groups in total. The number of piperidine rings is 1. The van der Waals surface area contributed by atoms with Gasteiger partial charge in [-0.1, -0.05) is 5.16 Å². The highest BCUT2D eigenvalue weighted by Gasteiger charge is 2.40. The number of hydrogen-bond donors (Lipinski definition) is 0. The molecular weight excluding hydrogens is 320 g/mol. The van der Waals surface area contributed by atoms with E-state index in [4.69, 9.17) is 9.26 Å². The first-order valence-corrected chi connectivity index (χ1v) is 8.72. The Morgan fingerprint density at radius 2 is 2.24 bits per heavy atom. The summed E-state index contributed by atoms with van der Waals surface area (Å²) in [5.74, 6) is 2.41. The predicted molar refractivity (Wildman–Crippen MR) is 89.6 cm³/mol. The van der Waals surface area contributed by atoms with Crippen molar-refractivity contribution in [2.75, 3.05) is 20.2 Å². The average Bonchev–Trinajstić information content (AvgIpc) is 3.37. The Kier molecular flexibility index (Phi) is 3.94. The summed E-state index contributed by atoms with van der Waals surface area (Å²) in [5.41, 5.74) is 0.266. The van der Waals surface area contributed by atoms with E-state index in [0.717, 1.165) is 38.1 Å². The number of hydrogen-bond acceptors (Lipinski definition) is 6. The van der Waals surface area contributed by atoms with Gasteiger partial charge in [0.1, 0.15) is 0 Å². The standard InChI is InChI=1S/C18H22N4O3/c1-18(17-20-15(21-25-17)12-4-5-12)8-3-9-22(11-18)16(23)13-6-7-14(24-2)19-10-13/h6-7,10,12H,3-5,8-9,11H2,1-2H3/t18-/m0/s1. The van der Waals surface area contributed by atoms with Crippen LogP contribution in [0.1, 0.15) is 60.6 Å². The zero-order valence-electron chi connectivity index (χ0n) is 14.6. The highest BCUT2D eigenvalue weighted by Crippen LogP contribution is 2.40. The lowest BCUT2D eigenvalue weighted by Crippen LogP contribution is -2.47. The SMILES string of the molecule is COc1ccc(C(=O)N2CCC[C@](C)(c3nc(C4CC4)no3)C2)cn1. The van der Waals surface area contributed by atoms with Crippen LogP contribution in [0.3, 0.4) is 0 Å². The lowest BCUT2D eigenvalue weighted by atomic mass is 9.81. The zero-order valence-corrected chi connectivity index (χ0v) is 14.6. The van der Waals surface area contributed by atoms with E-state index < -0.39 is 0 Å². The molecule has 1 aliphatic heterocycles. The third-order valence-electron chi connectivity index (χ3n) is 5.08. The Hall–Kier alpha value is -2.44. The molecule has 1 amide bonds. The minimum Gasteiger partial charge on any atom is -0.481 e.